The predicted octanol–water partition coefficient (Wildman–Crippen LogP) is 3.85. The van der Waals surface area contributed by atoms with E-state index in [1.165, 1.54) is 17.0 Å². The van der Waals surface area contributed by atoms with Gasteiger partial charge in [0.25, 0.3) is 0 Å². The van der Waals surface area contributed by atoms with Crippen LogP contribution in [0, 0.1) is 6.92 Å². The van der Waals surface area contributed by atoms with Gasteiger partial charge in [-0.25, -0.2) is 14.3 Å². The number of aromatic hydroxyl groups is 1. The topological polar surface area (TPSA) is 99.8 Å². The number of aromatic nitrogens is 3. The molecule has 0 bridgehead atoms. The average molecular weight is 360 g/mol. The summed E-state index contributed by atoms with van der Waals surface area (Å²) in [6, 6.07) is 14.4. The number of phenols is 1. The quantitative estimate of drug-likeness (QED) is 0.511. The number of phenolic OH excluding ortho intramolecular Hbond substituents is 1. The number of nitrogens with zero attached hydrogens (tertiary/aromatic N) is 3. The van der Waals surface area contributed by atoms with Crippen molar-refractivity contribution in [2.75, 3.05) is 5.32 Å². The Hall–Kier alpha value is -3.87. The molecule has 0 spiro atoms. The van der Waals surface area contributed by atoms with Crippen LogP contribution in [-0.4, -0.2) is 30.8 Å². The van der Waals surface area contributed by atoms with Crippen molar-refractivity contribution in [3.63, 3.8) is 0 Å². The molecule has 2 heterocycles. The zero-order chi connectivity index (χ0) is 19.0. The minimum absolute atomic E-state index is 0.136. The zero-order valence-electron chi connectivity index (χ0n) is 14.4. The number of hydrogen-bond donors (Lipinski definition) is 3. The highest BCUT2D eigenvalue weighted by atomic mass is 16.4. The number of rotatable bonds is 4. The van der Waals surface area contributed by atoms with Gasteiger partial charge in [0.1, 0.15) is 17.6 Å². The van der Waals surface area contributed by atoms with E-state index in [2.05, 4.69) is 15.4 Å². The second-order valence-electron chi connectivity index (χ2n) is 6.12. The summed E-state index contributed by atoms with van der Waals surface area (Å²) >= 11 is 0. The lowest BCUT2D eigenvalue weighted by molar-refractivity contribution is 0.0697. The number of carbonyl (C=O) groups is 1. The van der Waals surface area contributed by atoms with Gasteiger partial charge < -0.3 is 15.5 Å². The van der Waals surface area contributed by atoms with E-state index in [-0.39, 0.29) is 11.3 Å². The summed E-state index contributed by atoms with van der Waals surface area (Å²) in [7, 11) is 0. The van der Waals surface area contributed by atoms with Gasteiger partial charge >= 0.3 is 5.97 Å². The van der Waals surface area contributed by atoms with E-state index in [9.17, 15) is 15.0 Å². The molecule has 2 aromatic heterocycles. The number of anilines is 2. The van der Waals surface area contributed by atoms with Crippen LogP contribution >= 0.6 is 0 Å². The largest absolute Gasteiger partial charge is 0.508 e. The molecule has 7 nitrogen and oxygen atoms in total. The van der Waals surface area contributed by atoms with E-state index in [1.54, 1.807) is 12.1 Å². The maximum atomic E-state index is 11.8. The molecule has 0 fully saturated rings. The van der Waals surface area contributed by atoms with Crippen LogP contribution in [-0.2, 0) is 0 Å². The van der Waals surface area contributed by atoms with Crippen LogP contribution in [0.25, 0.3) is 16.6 Å². The van der Waals surface area contributed by atoms with Crippen molar-refractivity contribution in [1.29, 1.82) is 0 Å². The van der Waals surface area contributed by atoms with Gasteiger partial charge in [-0.2, -0.15) is 5.10 Å². The molecule has 0 amide bonds. The fraction of sp³-hybridized carbons (Fsp3) is 0.0500. The van der Waals surface area contributed by atoms with E-state index < -0.39 is 5.97 Å². The number of carboxylic acids is 1. The van der Waals surface area contributed by atoms with Crippen molar-refractivity contribution in [2.45, 2.75) is 6.92 Å². The average Bonchev–Trinajstić information content (AvgIpc) is 3.06. The second-order valence-corrected chi connectivity index (χ2v) is 6.12. The standard InChI is InChI=1S/C20H16N4O3/c1-12-7-8-14(9-16(12)25)23-19-18-17(13-5-3-2-4-6-13)15(20(26)27)10-24(18)22-11-21-19/h2-11,25H,1H3,(H,26,27)(H,21,22,23). The first-order valence-corrected chi connectivity index (χ1v) is 8.26. The molecule has 0 saturated carbocycles. The van der Waals surface area contributed by atoms with Crippen molar-refractivity contribution in [3.05, 3.63) is 72.2 Å². The van der Waals surface area contributed by atoms with Crippen LogP contribution in [0.4, 0.5) is 11.5 Å². The highest BCUT2D eigenvalue weighted by molar-refractivity contribution is 6.04. The first-order valence-electron chi connectivity index (χ1n) is 8.26. The Morgan fingerprint density at radius 3 is 2.63 bits per heavy atom. The Kier molecular flexibility index (Phi) is 3.97. The van der Waals surface area contributed by atoms with E-state index in [0.29, 0.717) is 22.6 Å². The Balaban J connectivity index is 1.94. The van der Waals surface area contributed by atoms with Crippen LogP contribution in [0.2, 0.25) is 0 Å². The minimum atomic E-state index is -1.04. The SMILES string of the molecule is Cc1ccc(Nc2ncnn3cc(C(=O)O)c(-c4ccccc4)c23)cc1O. The van der Waals surface area contributed by atoms with Crippen molar-refractivity contribution in [3.8, 4) is 16.9 Å². The van der Waals surface area contributed by atoms with Crippen LogP contribution in [0.15, 0.2) is 61.1 Å². The van der Waals surface area contributed by atoms with Gasteiger partial charge in [-0.1, -0.05) is 36.4 Å². The van der Waals surface area contributed by atoms with Crippen molar-refractivity contribution >= 4 is 23.0 Å². The third-order valence-corrected chi connectivity index (χ3v) is 4.34. The molecule has 0 unspecified atom stereocenters. The maximum Gasteiger partial charge on any atom is 0.337 e. The number of nitrogens with one attached hydrogen (secondary N) is 1. The number of carboxylic acid groups (broad SMARTS) is 1. The molecular weight excluding hydrogens is 344 g/mol. The second kappa shape index (κ2) is 6.45. The molecule has 134 valence electrons. The number of aromatic carboxylic acids is 1. The van der Waals surface area contributed by atoms with Crippen LogP contribution < -0.4 is 5.32 Å². The lowest BCUT2D eigenvalue weighted by Crippen LogP contribution is -2.00. The summed E-state index contributed by atoms with van der Waals surface area (Å²) < 4.78 is 1.50. The van der Waals surface area contributed by atoms with Gasteiger partial charge in [-0.05, 0) is 24.1 Å². The fourth-order valence-corrected chi connectivity index (χ4v) is 2.99. The third-order valence-electron chi connectivity index (χ3n) is 4.34. The highest BCUT2D eigenvalue weighted by Gasteiger charge is 2.21. The van der Waals surface area contributed by atoms with Gasteiger partial charge in [0.15, 0.2) is 5.82 Å². The minimum Gasteiger partial charge on any atom is -0.508 e. The van der Waals surface area contributed by atoms with Gasteiger partial charge in [0, 0.05) is 23.5 Å². The molecule has 4 rings (SSSR count). The lowest BCUT2D eigenvalue weighted by Gasteiger charge is -2.10. The Bertz CT molecular complexity index is 1150. The summed E-state index contributed by atoms with van der Waals surface area (Å²) in [4.78, 5) is 16.1. The van der Waals surface area contributed by atoms with Gasteiger partial charge in [-0.3, -0.25) is 0 Å². The molecule has 0 aliphatic carbocycles. The van der Waals surface area contributed by atoms with E-state index >= 15 is 0 Å². The van der Waals surface area contributed by atoms with Crippen LogP contribution in [0.1, 0.15) is 15.9 Å². The summed E-state index contributed by atoms with van der Waals surface area (Å²) in [6.07, 6.45) is 2.82. The van der Waals surface area contributed by atoms with Gasteiger partial charge in [0.05, 0.1) is 5.56 Å². The van der Waals surface area contributed by atoms with Crippen molar-refractivity contribution in [2.24, 2.45) is 0 Å². The maximum absolute atomic E-state index is 11.8. The van der Waals surface area contributed by atoms with Crippen LogP contribution in [0.3, 0.4) is 0 Å². The lowest BCUT2D eigenvalue weighted by atomic mass is 10.0. The molecule has 0 aliphatic heterocycles. The van der Waals surface area contributed by atoms with Gasteiger partial charge in [0.2, 0.25) is 0 Å². The molecule has 0 atom stereocenters. The van der Waals surface area contributed by atoms with E-state index in [0.717, 1.165) is 11.1 Å². The first-order chi connectivity index (χ1) is 13.0. The molecule has 0 saturated heterocycles. The highest BCUT2D eigenvalue weighted by Crippen LogP contribution is 2.34. The molecule has 4 aromatic rings. The molecule has 3 N–H and O–H groups in total. The van der Waals surface area contributed by atoms with Crippen molar-refractivity contribution in [1.82, 2.24) is 14.6 Å². The molecule has 0 aliphatic rings. The monoisotopic (exact) mass is 360 g/mol. The van der Waals surface area contributed by atoms with Gasteiger partial charge in [-0.15, -0.1) is 0 Å². The third kappa shape index (κ3) is 2.95. The summed E-state index contributed by atoms with van der Waals surface area (Å²) in [5.74, 6) is -0.437. The molecular formula is C20H16N4O3. The summed E-state index contributed by atoms with van der Waals surface area (Å²) in [6.45, 7) is 1.81. The number of benzene rings is 2. The summed E-state index contributed by atoms with van der Waals surface area (Å²) in [5.41, 5.74) is 3.35. The Morgan fingerprint density at radius 2 is 1.93 bits per heavy atom. The predicted molar refractivity (Wildman–Crippen MR) is 102 cm³/mol. The number of fused-ring (bicyclic) bond motifs is 1. The molecule has 7 heteroatoms. The molecule has 0 radical (unpaired) electrons. The molecule has 27 heavy (non-hydrogen) atoms. The normalized spacial score (nSPS) is 10.9. The number of aryl methyl sites for hydroxylation is 1. The zero-order valence-corrected chi connectivity index (χ0v) is 14.4. The number of hydrogen-bond acceptors (Lipinski definition) is 5. The smallest absolute Gasteiger partial charge is 0.337 e. The van der Waals surface area contributed by atoms with Crippen LogP contribution in [0.5, 0.6) is 5.75 Å². The van der Waals surface area contributed by atoms with Crippen molar-refractivity contribution < 1.29 is 15.0 Å². The van der Waals surface area contributed by atoms with E-state index in [1.807, 2.05) is 43.3 Å². The Morgan fingerprint density at radius 1 is 1.15 bits per heavy atom. The Labute approximate surface area is 154 Å². The molecule has 2 aromatic carbocycles. The fourth-order valence-electron chi connectivity index (χ4n) is 2.99. The first kappa shape index (κ1) is 16.6. The summed E-state index contributed by atoms with van der Waals surface area (Å²) in [5, 5.41) is 26.9. The van der Waals surface area contributed by atoms with E-state index in [4.69, 9.17) is 0 Å².